The zero-order valence-corrected chi connectivity index (χ0v) is 13.2. The van der Waals surface area contributed by atoms with E-state index in [9.17, 15) is 8.42 Å². The molecular weight excluding hydrogens is 292 g/mol. The maximum atomic E-state index is 11.9. The molecule has 8 heteroatoms. The number of nitrogens with zero attached hydrogens (tertiary/aromatic N) is 2. The third-order valence-corrected chi connectivity index (χ3v) is 4.57. The molecule has 0 aromatic carbocycles. The average Bonchev–Trinajstić information content (AvgIpc) is 2.47. The van der Waals surface area contributed by atoms with Crippen molar-refractivity contribution in [2.45, 2.75) is 23.7 Å². The van der Waals surface area contributed by atoms with Crippen molar-refractivity contribution in [1.82, 2.24) is 15.3 Å². The monoisotopic (exact) mass is 314 g/mol. The van der Waals surface area contributed by atoms with Gasteiger partial charge >= 0.3 is 0 Å². The van der Waals surface area contributed by atoms with Crippen LogP contribution in [0.25, 0.3) is 0 Å². The van der Waals surface area contributed by atoms with E-state index in [-0.39, 0.29) is 10.8 Å². The molecule has 1 fully saturated rings. The van der Waals surface area contributed by atoms with Gasteiger partial charge in [0.15, 0.2) is 9.84 Å². The van der Waals surface area contributed by atoms with Gasteiger partial charge in [-0.15, -0.1) is 0 Å². The molecule has 1 saturated heterocycles. The highest BCUT2D eigenvalue weighted by Gasteiger charge is 2.25. The van der Waals surface area contributed by atoms with E-state index in [4.69, 9.17) is 4.74 Å². The van der Waals surface area contributed by atoms with Crippen molar-refractivity contribution in [2.75, 3.05) is 44.9 Å². The van der Waals surface area contributed by atoms with Crippen molar-refractivity contribution < 1.29 is 13.2 Å². The molecule has 21 heavy (non-hydrogen) atoms. The smallest absolute Gasteiger partial charge is 0.223 e. The summed E-state index contributed by atoms with van der Waals surface area (Å²) in [6, 6.07) is 0. The number of piperidine rings is 1. The lowest BCUT2D eigenvalue weighted by Crippen LogP contribution is -2.30. The number of sulfone groups is 1. The Balaban J connectivity index is 2.29. The number of hydrogen-bond donors (Lipinski definition) is 2. The maximum absolute atomic E-state index is 11.9. The minimum Gasteiger partial charge on any atom is -0.383 e. The SMILES string of the molecule is COCCNc1ncc(S(C)(=O)=O)c([C@H]2CCCNC2)n1. The predicted molar refractivity (Wildman–Crippen MR) is 80.4 cm³/mol. The lowest BCUT2D eigenvalue weighted by molar-refractivity contribution is 0.210. The maximum Gasteiger partial charge on any atom is 0.223 e. The van der Waals surface area contributed by atoms with Crippen LogP contribution in [0.15, 0.2) is 11.1 Å². The molecule has 2 heterocycles. The van der Waals surface area contributed by atoms with Crippen LogP contribution in [-0.4, -0.2) is 58.0 Å². The lowest BCUT2D eigenvalue weighted by atomic mass is 9.96. The molecule has 1 aliphatic rings. The van der Waals surface area contributed by atoms with E-state index in [0.717, 1.165) is 25.9 Å². The minimum absolute atomic E-state index is 0.106. The van der Waals surface area contributed by atoms with Gasteiger partial charge in [-0.1, -0.05) is 0 Å². The van der Waals surface area contributed by atoms with Crippen molar-refractivity contribution in [2.24, 2.45) is 0 Å². The van der Waals surface area contributed by atoms with Crippen molar-refractivity contribution in [3.05, 3.63) is 11.9 Å². The third-order valence-electron chi connectivity index (χ3n) is 3.46. The average molecular weight is 314 g/mol. The first kappa shape index (κ1) is 16.1. The Labute approximate surface area is 125 Å². The molecule has 1 atom stereocenters. The molecule has 2 rings (SSSR count). The Hall–Kier alpha value is -1.25. The normalized spacial score (nSPS) is 19.4. The van der Waals surface area contributed by atoms with Gasteiger partial charge in [-0.3, -0.25) is 0 Å². The largest absolute Gasteiger partial charge is 0.383 e. The number of anilines is 1. The molecule has 118 valence electrons. The minimum atomic E-state index is -3.33. The van der Waals surface area contributed by atoms with Gasteiger partial charge in [0.25, 0.3) is 0 Å². The summed E-state index contributed by atoms with van der Waals surface area (Å²) in [7, 11) is -1.71. The Morgan fingerprint density at radius 2 is 2.33 bits per heavy atom. The standard InChI is InChI=1S/C13H22N4O3S/c1-20-7-6-15-13-16-9-11(21(2,18)19)12(17-13)10-4-3-5-14-8-10/h9-10,14H,3-8H2,1-2H3,(H,15,16,17)/t10-/m0/s1. The van der Waals surface area contributed by atoms with Crippen LogP contribution in [0.3, 0.4) is 0 Å². The van der Waals surface area contributed by atoms with Crippen LogP contribution in [0.4, 0.5) is 5.95 Å². The summed E-state index contributed by atoms with van der Waals surface area (Å²) in [5, 5.41) is 6.33. The van der Waals surface area contributed by atoms with Crippen molar-refractivity contribution >= 4 is 15.8 Å². The van der Waals surface area contributed by atoms with Gasteiger partial charge in [-0.2, -0.15) is 0 Å². The fourth-order valence-corrected chi connectivity index (χ4v) is 3.23. The quantitative estimate of drug-likeness (QED) is 0.734. The molecule has 0 radical (unpaired) electrons. The van der Waals surface area contributed by atoms with E-state index in [0.29, 0.717) is 24.8 Å². The Bertz CT molecular complexity index is 571. The van der Waals surface area contributed by atoms with Gasteiger partial charge in [0.05, 0.1) is 18.5 Å². The first-order chi connectivity index (χ1) is 10.0. The van der Waals surface area contributed by atoms with Gasteiger partial charge in [0.1, 0.15) is 4.90 Å². The Morgan fingerprint density at radius 1 is 1.52 bits per heavy atom. The topological polar surface area (TPSA) is 93.2 Å². The van der Waals surface area contributed by atoms with Crippen LogP contribution in [-0.2, 0) is 14.6 Å². The van der Waals surface area contributed by atoms with E-state index in [2.05, 4.69) is 20.6 Å². The molecule has 0 aliphatic carbocycles. The number of ether oxygens (including phenoxy) is 1. The summed E-state index contributed by atoms with van der Waals surface area (Å²) in [5.74, 6) is 0.550. The third kappa shape index (κ3) is 4.36. The number of aromatic nitrogens is 2. The summed E-state index contributed by atoms with van der Waals surface area (Å²) in [5.41, 5.74) is 0.611. The molecule has 0 saturated carbocycles. The van der Waals surface area contributed by atoms with Gasteiger partial charge in [-0.25, -0.2) is 18.4 Å². The van der Waals surface area contributed by atoms with Crippen LogP contribution < -0.4 is 10.6 Å². The zero-order valence-electron chi connectivity index (χ0n) is 12.4. The van der Waals surface area contributed by atoms with Gasteiger partial charge in [0.2, 0.25) is 5.95 Å². The van der Waals surface area contributed by atoms with E-state index in [1.54, 1.807) is 7.11 Å². The summed E-state index contributed by atoms with van der Waals surface area (Å²) in [4.78, 5) is 8.76. The van der Waals surface area contributed by atoms with Gasteiger partial charge in [0, 0.05) is 32.4 Å². The van der Waals surface area contributed by atoms with Gasteiger partial charge < -0.3 is 15.4 Å². The summed E-state index contributed by atoms with van der Waals surface area (Å²) < 4.78 is 28.8. The predicted octanol–water partition coefficient (Wildman–Crippen LogP) is 0.405. The van der Waals surface area contributed by atoms with Crippen molar-refractivity contribution in [3.8, 4) is 0 Å². The molecule has 0 unspecified atom stereocenters. The second kappa shape index (κ2) is 7.15. The molecule has 0 bridgehead atoms. The van der Waals surface area contributed by atoms with Gasteiger partial charge in [-0.05, 0) is 19.4 Å². The molecule has 0 amide bonds. The highest BCUT2D eigenvalue weighted by Crippen LogP contribution is 2.27. The molecule has 7 nitrogen and oxygen atoms in total. The highest BCUT2D eigenvalue weighted by atomic mass is 32.2. The first-order valence-corrected chi connectivity index (χ1v) is 8.92. The fourth-order valence-electron chi connectivity index (χ4n) is 2.40. The van der Waals surface area contributed by atoms with Crippen LogP contribution in [0, 0.1) is 0 Å². The zero-order chi connectivity index (χ0) is 15.3. The van der Waals surface area contributed by atoms with E-state index < -0.39 is 9.84 Å². The lowest BCUT2D eigenvalue weighted by Gasteiger charge is -2.24. The first-order valence-electron chi connectivity index (χ1n) is 7.03. The summed E-state index contributed by atoms with van der Waals surface area (Å²) in [6.45, 7) is 2.83. The fraction of sp³-hybridized carbons (Fsp3) is 0.692. The molecule has 2 N–H and O–H groups in total. The van der Waals surface area contributed by atoms with E-state index in [1.165, 1.54) is 12.5 Å². The Kier molecular flexibility index (Phi) is 5.49. The number of rotatable bonds is 6. The van der Waals surface area contributed by atoms with Crippen LogP contribution >= 0.6 is 0 Å². The van der Waals surface area contributed by atoms with Crippen LogP contribution in [0.5, 0.6) is 0 Å². The number of methoxy groups -OCH3 is 1. The van der Waals surface area contributed by atoms with Crippen LogP contribution in [0.2, 0.25) is 0 Å². The Morgan fingerprint density at radius 3 is 2.95 bits per heavy atom. The second-order valence-corrected chi connectivity index (χ2v) is 7.16. The molecular formula is C13H22N4O3S. The summed E-state index contributed by atoms with van der Waals surface area (Å²) >= 11 is 0. The number of hydrogen-bond acceptors (Lipinski definition) is 7. The van der Waals surface area contributed by atoms with Crippen molar-refractivity contribution in [3.63, 3.8) is 0 Å². The number of nitrogens with one attached hydrogen (secondary N) is 2. The molecule has 0 spiro atoms. The molecule has 1 aromatic heterocycles. The second-order valence-electron chi connectivity index (χ2n) is 5.18. The van der Waals surface area contributed by atoms with E-state index in [1.807, 2.05) is 0 Å². The highest BCUT2D eigenvalue weighted by molar-refractivity contribution is 7.90. The molecule has 1 aliphatic heterocycles. The van der Waals surface area contributed by atoms with Crippen LogP contribution in [0.1, 0.15) is 24.5 Å². The van der Waals surface area contributed by atoms with E-state index >= 15 is 0 Å². The van der Waals surface area contributed by atoms with Crippen molar-refractivity contribution in [1.29, 1.82) is 0 Å². The molecule has 1 aromatic rings. The summed E-state index contributed by atoms with van der Waals surface area (Å²) in [6.07, 6.45) is 4.55.